The quantitative estimate of drug-likeness (QED) is 0.737. The van der Waals surface area contributed by atoms with Gasteiger partial charge in [0.2, 0.25) is 5.82 Å². The molecule has 7 heteroatoms. The second kappa shape index (κ2) is 5.73. The fourth-order valence-electron chi connectivity index (χ4n) is 1.91. The maximum Gasteiger partial charge on any atom is 0.276 e. The van der Waals surface area contributed by atoms with Crippen LogP contribution in [-0.4, -0.2) is 29.2 Å². The van der Waals surface area contributed by atoms with Crippen LogP contribution in [0, 0.1) is 5.82 Å². The van der Waals surface area contributed by atoms with Crippen molar-refractivity contribution in [3.63, 3.8) is 0 Å². The van der Waals surface area contributed by atoms with Crippen molar-refractivity contribution in [2.45, 2.75) is 0 Å². The molecule has 0 aliphatic carbocycles. The highest BCUT2D eigenvalue weighted by molar-refractivity contribution is 6.31. The summed E-state index contributed by atoms with van der Waals surface area (Å²) in [5, 5.41) is 4.51. The molecule has 0 amide bonds. The number of hydrogen-bond acceptors (Lipinski definition) is 5. The van der Waals surface area contributed by atoms with Crippen LogP contribution in [0.3, 0.4) is 0 Å². The van der Waals surface area contributed by atoms with Gasteiger partial charge in [0.25, 0.3) is 5.89 Å². The molecule has 0 fully saturated rings. The van der Waals surface area contributed by atoms with E-state index < -0.39 is 5.82 Å². The second-order valence-electron chi connectivity index (χ2n) is 4.88. The predicted octanol–water partition coefficient (Wildman–Crippen LogP) is 3.66. The van der Waals surface area contributed by atoms with Gasteiger partial charge in [-0.05, 0) is 30.3 Å². The van der Waals surface area contributed by atoms with Gasteiger partial charge >= 0.3 is 0 Å². The molecule has 0 aliphatic heterocycles. The molecule has 3 rings (SSSR count). The topological polar surface area (TPSA) is 55.1 Å². The molecule has 0 N–H and O–H groups in total. The minimum absolute atomic E-state index is 0.223. The molecule has 0 atom stereocenters. The number of aromatic nitrogens is 3. The molecule has 0 unspecified atom stereocenters. The lowest BCUT2D eigenvalue weighted by Crippen LogP contribution is -2.08. The molecular weight excluding hydrogens is 307 g/mol. The summed E-state index contributed by atoms with van der Waals surface area (Å²) in [7, 11) is 3.83. The standard InChI is InChI=1S/C15H12ClFN4O/c1-21(2)12-6-9(5-10(16)7-12)14-19-15(22-20-14)13-4-3-11(17)8-18-13/h3-8H,1-2H3. The molecule has 0 saturated heterocycles. The Morgan fingerprint density at radius 2 is 2.00 bits per heavy atom. The lowest BCUT2D eigenvalue weighted by atomic mass is 10.2. The van der Waals surface area contributed by atoms with Crippen LogP contribution in [0.25, 0.3) is 23.0 Å². The third kappa shape index (κ3) is 2.92. The Labute approximate surface area is 131 Å². The summed E-state index contributed by atoms with van der Waals surface area (Å²) in [5.74, 6) is 0.196. The van der Waals surface area contributed by atoms with Crippen molar-refractivity contribution in [1.29, 1.82) is 0 Å². The highest BCUT2D eigenvalue weighted by Crippen LogP contribution is 2.28. The number of anilines is 1. The van der Waals surface area contributed by atoms with Gasteiger partial charge in [-0.3, -0.25) is 0 Å². The minimum atomic E-state index is -0.422. The molecule has 0 radical (unpaired) electrons. The van der Waals surface area contributed by atoms with Crippen LogP contribution in [0.2, 0.25) is 5.02 Å². The zero-order valence-corrected chi connectivity index (χ0v) is 12.7. The van der Waals surface area contributed by atoms with Crippen molar-refractivity contribution in [3.8, 4) is 23.0 Å². The number of nitrogens with zero attached hydrogens (tertiary/aromatic N) is 4. The zero-order valence-electron chi connectivity index (χ0n) is 11.9. The molecule has 1 aromatic carbocycles. The number of hydrogen-bond donors (Lipinski definition) is 0. The molecule has 0 saturated carbocycles. The molecule has 0 aliphatic rings. The van der Waals surface area contributed by atoms with Crippen LogP contribution in [-0.2, 0) is 0 Å². The number of benzene rings is 1. The number of pyridine rings is 1. The fraction of sp³-hybridized carbons (Fsp3) is 0.133. The molecule has 2 aromatic heterocycles. The van der Waals surface area contributed by atoms with Gasteiger partial charge < -0.3 is 9.42 Å². The number of halogens is 2. The monoisotopic (exact) mass is 318 g/mol. The van der Waals surface area contributed by atoms with Gasteiger partial charge in [-0.2, -0.15) is 4.98 Å². The van der Waals surface area contributed by atoms with Crippen LogP contribution in [0.4, 0.5) is 10.1 Å². The van der Waals surface area contributed by atoms with E-state index >= 15 is 0 Å². The normalized spacial score (nSPS) is 10.7. The smallest absolute Gasteiger partial charge is 0.276 e. The Morgan fingerprint density at radius 1 is 1.18 bits per heavy atom. The van der Waals surface area contributed by atoms with Crippen LogP contribution in [0.15, 0.2) is 41.1 Å². The summed E-state index contributed by atoms with van der Waals surface area (Å²) >= 11 is 6.12. The van der Waals surface area contributed by atoms with Gasteiger partial charge in [0.1, 0.15) is 11.5 Å². The Kier molecular flexibility index (Phi) is 3.77. The fourth-order valence-corrected chi connectivity index (χ4v) is 2.14. The van der Waals surface area contributed by atoms with Crippen LogP contribution in [0.5, 0.6) is 0 Å². The molecule has 0 spiro atoms. The van der Waals surface area contributed by atoms with E-state index in [0.717, 1.165) is 17.4 Å². The van der Waals surface area contributed by atoms with Crippen LogP contribution in [0.1, 0.15) is 0 Å². The number of rotatable bonds is 3. The Bertz CT molecular complexity index is 802. The van der Waals surface area contributed by atoms with Gasteiger partial charge in [0, 0.05) is 30.4 Å². The molecule has 22 heavy (non-hydrogen) atoms. The predicted molar refractivity (Wildman–Crippen MR) is 82.3 cm³/mol. The van der Waals surface area contributed by atoms with Crippen LogP contribution < -0.4 is 4.90 Å². The van der Waals surface area contributed by atoms with Crippen molar-refractivity contribution >= 4 is 17.3 Å². The van der Waals surface area contributed by atoms with E-state index in [1.807, 2.05) is 31.1 Å². The highest BCUT2D eigenvalue weighted by atomic mass is 35.5. The summed E-state index contributed by atoms with van der Waals surface area (Å²) < 4.78 is 18.1. The first-order chi connectivity index (χ1) is 10.5. The average molecular weight is 319 g/mol. The molecule has 2 heterocycles. The summed E-state index contributed by atoms with van der Waals surface area (Å²) in [6, 6.07) is 8.26. The average Bonchev–Trinajstić information content (AvgIpc) is 2.97. The largest absolute Gasteiger partial charge is 0.378 e. The molecule has 3 aromatic rings. The molecule has 112 valence electrons. The maximum atomic E-state index is 12.9. The van der Waals surface area contributed by atoms with Crippen molar-refractivity contribution in [2.24, 2.45) is 0 Å². The Hall–Kier alpha value is -2.47. The summed E-state index contributed by atoms with van der Waals surface area (Å²) in [6.45, 7) is 0. The van der Waals surface area contributed by atoms with Crippen LogP contribution >= 0.6 is 11.6 Å². The van der Waals surface area contributed by atoms with E-state index in [1.54, 1.807) is 6.07 Å². The van der Waals surface area contributed by atoms with Crippen molar-refractivity contribution in [1.82, 2.24) is 15.1 Å². The van der Waals surface area contributed by atoms with Crippen molar-refractivity contribution < 1.29 is 8.91 Å². The van der Waals surface area contributed by atoms with Gasteiger partial charge in [0.15, 0.2) is 0 Å². The molecule has 5 nitrogen and oxygen atoms in total. The van der Waals surface area contributed by atoms with E-state index in [0.29, 0.717) is 16.5 Å². The van der Waals surface area contributed by atoms with Crippen molar-refractivity contribution in [3.05, 3.63) is 47.4 Å². The lowest BCUT2D eigenvalue weighted by molar-refractivity contribution is 0.431. The molecule has 0 bridgehead atoms. The van der Waals surface area contributed by atoms with E-state index in [1.165, 1.54) is 12.1 Å². The zero-order chi connectivity index (χ0) is 15.7. The molecular formula is C15H12ClFN4O. The lowest BCUT2D eigenvalue weighted by Gasteiger charge is -2.13. The first-order valence-electron chi connectivity index (χ1n) is 6.47. The summed E-state index contributed by atoms with van der Waals surface area (Å²) in [5.41, 5.74) is 2.07. The maximum absolute atomic E-state index is 12.9. The van der Waals surface area contributed by atoms with E-state index in [9.17, 15) is 4.39 Å². The van der Waals surface area contributed by atoms with Gasteiger partial charge in [-0.25, -0.2) is 9.37 Å². The first-order valence-corrected chi connectivity index (χ1v) is 6.84. The third-order valence-electron chi connectivity index (χ3n) is 3.03. The SMILES string of the molecule is CN(C)c1cc(Cl)cc(-c2noc(-c3ccc(F)cn3)n2)c1. The van der Waals surface area contributed by atoms with E-state index in [-0.39, 0.29) is 5.89 Å². The van der Waals surface area contributed by atoms with Gasteiger partial charge in [-0.15, -0.1) is 0 Å². The van der Waals surface area contributed by atoms with E-state index in [2.05, 4.69) is 15.1 Å². The summed E-state index contributed by atoms with van der Waals surface area (Å²) in [6.07, 6.45) is 1.10. The minimum Gasteiger partial charge on any atom is -0.378 e. The third-order valence-corrected chi connectivity index (χ3v) is 3.25. The van der Waals surface area contributed by atoms with Gasteiger partial charge in [-0.1, -0.05) is 16.8 Å². The van der Waals surface area contributed by atoms with E-state index in [4.69, 9.17) is 16.1 Å². The second-order valence-corrected chi connectivity index (χ2v) is 5.31. The Balaban J connectivity index is 1.98. The van der Waals surface area contributed by atoms with Crippen molar-refractivity contribution in [2.75, 3.05) is 19.0 Å². The highest BCUT2D eigenvalue weighted by Gasteiger charge is 2.13. The summed E-state index contributed by atoms with van der Waals surface area (Å²) in [4.78, 5) is 10.1. The first kappa shape index (κ1) is 14.5. The van der Waals surface area contributed by atoms with Gasteiger partial charge in [0.05, 0.1) is 6.20 Å². The Morgan fingerprint density at radius 3 is 2.68 bits per heavy atom.